The molecule has 20 heavy (non-hydrogen) atoms. The Hall–Kier alpha value is -0.920. The molecule has 7 heteroatoms. The van der Waals surface area contributed by atoms with E-state index in [-0.39, 0.29) is 16.4 Å². The molecule has 0 radical (unpaired) electrons. The van der Waals surface area contributed by atoms with Gasteiger partial charge >= 0.3 is 0 Å². The normalized spacial score (nSPS) is 11.7. The molecular weight excluding hydrogens is 344 g/mol. The van der Waals surface area contributed by atoms with E-state index in [9.17, 15) is 13.2 Å². The van der Waals surface area contributed by atoms with Crippen molar-refractivity contribution in [3.05, 3.63) is 27.7 Å². The van der Waals surface area contributed by atoms with Gasteiger partial charge in [0.2, 0.25) is 10.0 Å². The van der Waals surface area contributed by atoms with Crippen molar-refractivity contribution in [2.75, 3.05) is 6.54 Å². The molecule has 0 aliphatic heterocycles. The highest BCUT2D eigenvalue weighted by Gasteiger charge is 2.17. The Kier molecular flexibility index (Phi) is 5.73. The van der Waals surface area contributed by atoms with E-state index in [2.05, 4.69) is 35.1 Å². The molecule has 0 aliphatic carbocycles. The molecule has 0 bridgehead atoms. The van der Waals surface area contributed by atoms with Crippen molar-refractivity contribution in [1.29, 1.82) is 0 Å². The van der Waals surface area contributed by atoms with Crippen LogP contribution in [-0.4, -0.2) is 20.9 Å². The highest BCUT2D eigenvalue weighted by molar-refractivity contribution is 9.10. The summed E-state index contributed by atoms with van der Waals surface area (Å²) in [5.74, 6) is 0.177. The Bertz CT molecular complexity index is 612. The molecule has 112 valence electrons. The second-order valence-electron chi connectivity index (χ2n) is 5.06. The SMILES string of the molecule is Cc1c(Br)cc(C(=O)NCCC(C)C)cc1S(N)(=O)=O. The largest absolute Gasteiger partial charge is 0.352 e. The number of carbonyl (C=O) groups excluding carboxylic acids is 1. The highest BCUT2D eigenvalue weighted by Crippen LogP contribution is 2.25. The van der Waals surface area contributed by atoms with E-state index in [0.717, 1.165) is 6.42 Å². The van der Waals surface area contributed by atoms with Gasteiger partial charge in [0.1, 0.15) is 0 Å². The first-order chi connectivity index (χ1) is 9.12. The minimum absolute atomic E-state index is 0.0408. The average Bonchev–Trinajstić information content (AvgIpc) is 2.30. The first kappa shape index (κ1) is 17.1. The number of benzene rings is 1. The van der Waals surface area contributed by atoms with Gasteiger partial charge in [0.25, 0.3) is 5.91 Å². The Labute approximate surface area is 128 Å². The van der Waals surface area contributed by atoms with E-state index >= 15 is 0 Å². The van der Waals surface area contributed by atoms with Crippen molar-refractivity contribution in [2.45, 2.75) is 32.1 Å². The van der Waals surface area contributed by atoms with Crippen molar-refractivity contribution >= 4 is 31.9 Å². The lowest BCUT2D eigenvalue weighted by Gasteiger charge is -2.11. The molecule has 5 nitrogen and oxygen atoms in total. The molecule has 0 saturated heterocycles. The number of hydrogen-bond acceptors (Lipinski definition) is 3. The molecule has 0 aliphatic rings. The van der Waals surface area contributed by atoms with Crippen LogP contribution in [0.2, 0.25) is 0 Å². The van der Waals surface area contributed by atoms with E-state index < -0.39 is 10.0 Å². The van der Waals surface area contributed by atoms with Crippen molar-refractivity contribution in [1.82, 2.24) is 5.32 Å². The van der Waals surface area contributed by atoms with Crippen LogP contribution in [0, 0.1) is 12.8 Å². The highest BCUT2D eigenvalue weighted by atomic mass is 79.9. The average molecular weight is 363 g/mol. The third-order valence-corrected chi connectivity index (χ3v) is 4.73. The monoisotopic (exact) mass is 362 g/mol. The standard InChI is InChI=1S/C13H19BrN2O3S/c1-8(2)4-5-16-13(17)10-6-11(14)9(3)12(7-10)20(15,18)19/h6-8H,4-5H2,1-3H3,(H,16,17)(H2,15,18,19). The molecule has 0 spiro atoms. The number of hydrogen-bond donors (Lipinski definition) is 2. The van der Waals surface area contributed by atoms with Gasteiger partial charge in [-0.3, -0.25) is 4.79 Å². The number of sulfonamides is 1. The molecule has 1 aromatic carbocycles. The van der Waals surface area contributed by atoms with Gasteiger partial charge in [0.15, 0.2) is 0 Å². The summed E-state index contributed by atoms with van der Waals surface area (Å²) in [4.78, 5) is 12.0. The first-order valence-electron chi connectivity index (χ1n) is 6.24. The third-order valence-electron chi connectivity index (χ3n) is 2.87. The van der Waals surface area contributed by atoms with Crippen LogP contribution < -0.4 is 10.5 Å². The van der Waals surface area contributed by atoms with Crippen LogP contribution >= 0.6 is 15.9 Å². The molecular formula is C13H19BrN2O3S. The van der Waals surface area contributed by atoms with Crippen LogP contribution in [0.4, 0.5) is 0 Å². The number of amides is 1. The Morgan fingerprint density at radius 1 is 1.40 bits per heavy atom. The van der Waals surface area contributed by atoms with Crippen LogP contribution in [-0.2, 0) is 10.0 Å². The molecule has 0 fully saturated rings. The van der Waals surface area contributed by atoms with Gasteiger partial charge in [0.05, 0.1) is 4.90 Å². The Morgan fingerprint density at radius 3 is 2.50 bits per heavy atom. The van der Waals surface area contributed by atoms with Crippen LogP contribution in [0.25, 0.3) is 0 Å². The maximum absolute atomic E-state index is 12.0. The Morgan fingerprint density at radius 2 is 2.00 bits per heavy atom. The maximum atomic E-state index is 12.0. The van der Waals surface area contributed by atoms with Gasteiger partial charge in [-0.1, -0.05) is 29.8 Å². The molecule has 0 heterocycles. The van der Waals surface area contributed by atoms with Gasteiger partial charge in [-0.25, -0.2) is 13.6 Å². The summed E-state index contributed by atoms with van der Waals surface area (Å²) in [5, 5.41) is 7.92. The lowest BCUT2D eigenvalue weighted by molar-refractivity contribution is 0.0951. The van der Waals surface area contributed by atoms with Crippen molar-refractivity contribution in [2.24, 2.45) is 11.1 Å². The van der Waals surface area contributed by atoms with Crippen LogP contribution in [0.15, 0.2) is 21.5 Å². The van der Waals surface area contributed by atoms with E-state index in [0.29, 0.717) is 22.5 Å². The smallest absolute Gasteiger partial charge is 0.251 e. The molecule has 0 unspecified atom stereocenters. The number of rotatable bonds is 5. The zero-order valence-electron chi connectivity index (χ0n) is 11.7. The lowest BCUT2D eigenvalue weighted by Crippen LogP contribution is -2.26. The minimum Gasteiger partial charge on any atom is -0.352 e. The van der Waals surface area contributed by atoms with Gasteiger partial charge in [-0.05, 0) is 37.0 Å². The number of carbonyl (C=O) groups is 1. The fourth-order valence-corrected chi connectivity index (χ4v) is 3.08. The van der Waals surface area contributed by atoms with E-state index in [1.807, 2.05) is 0 Å². The molecule has 0 saturated carbocycles. The summed E-state index contributed by atoms with van der Waals surface area (Å²) in [7, 11) is -3.86. The van der Waals surface area contributed by atoms with Crippen molar-refractivity contribution < 1.29 is 13.2 Å². The second-order valence-corrected chi connectivity index (χ2v) is 7.45. The zero-order chi connectivity index (χ0) is 15.5. The zero-order valence-corrected chi connectivity index (χ0v) is 14.1. The van der Waals surface area contributed by atoms with Crippen LogP contribution in [0.5, 0.6) is 0 Å². The summed E-state index contributed by atoms with van der Waals surface area (Å²) < 4.78 is 23.6. The number of nitrogens with one attached hydrogen (secondary N) is 1. The summed E-state index contributed by atoms with van der Waals surface area (Å²) in [6.07, 6.45) is 0.862. The summed E-state index contributed by atoms with van der Waals surface area (Å²) in [5.41, 5.74) is 0.765. The van der Waals surface area contributed by atoms with Crippen LogP contribution in [0.1, 0.15) is 36.2 Å². The molecule has 0 aromatic heterocycles. The predicted octanol–water partition coefficient (Wildman–Crippen LogP) is 2.18. The molecule has 0 atom stereocenters. The lowest BCUT2D eigenvalue weighted by atomic mass is 10.1. The van der Waals surface area contributed by atoms with Crippen molar-refractivity contribution in [3.63, 3.8) is 0 Å². The van der Waals surface area contributed by atoms with E-state index in [1.165, 1.54) is 6.07 Å². The molecule has 1 aromatic rings. The fourth-order valence-electron chi connectivity index (χ4n) is 1.66. The van der Waals surface area contributed by atoms with Gasteiger partial charge < -0.3 is 5.32 Å². The van der Waals surface area contributed by atoms with Crippen LogP contribution in [0.3, 0.4) is 0 Å². The quantitative estimate of drug-likeness (QED) is 0.840. The van der Waals surface area contributed by atoms with Gasteiger partial charge in [-0.2, -0.15) is 0 Å². The van der Waals surface area contributed by atoms with Gasteiger partial charge in [-0.15, -0.1) is 0 Å². The third kappa shape index (κ3) is 4.57. The number of halogens is 1. The van der Waals surface area contributed by atoms with E-state index in [4.69, 9.17) is 5.14 Å². The molecule has 1 amide bonds. The fraction of sp³-hybridized carbons (Fsp3) is 0.462. The summed E-state index contributed by atoms with van der Waals surface area (Å²) in [6.45, 7) is 6.30. The molecule has 3 N–H and O–H groups in total. The predicted molar refractivity (Wildman–Crippen MR) is 82.0 cm³/mol. The van der Waals surface area contributed by atoms with Crippen molar-refractivity contribution in [3.8, 4) is 0 Å². The summed E-state index contributed by atoms with van der Waals surface area (Å²) in [6, 6.07) is 2.90. The van der Waals surface area contributed by atoms with Gasteiger partial charge in [0, 0.05) is 16.6 Å². The first-order valence-corrected chi connectivity index (χ1v) is 8.58. The Balaban J connectivity index is 3.03. The summed E-state index contributed by atoms with van der Waals surface area (Å²) >= 11 is 3.25. The number of primary sulfonamides is 1. The number of nitrogens with two attached hydrogens (primary N) is 1. The maximum Gasteiger partial charge on any atom is 0.251 e. The second kappa shape index (κ2) is 6.69. The topological polar surface area (TPSA) is 89.3 Å². The molecule has 1 rings (SSSR count). The van der Waals surface area contributed by atoms with E-state index in [1.54, 1.807) is 13.0 Å². The minimum atomic E-state index is -3.86.